The number of nitrogens with zero attached hydrogens (tertiary/aromatic N) is 3. The van der Waals surface area contributed by atoms with E-state index >= 15 is 0 Å². The molecular weight excluding hydrogens is 478 g/mol. The molecule has 4 rings (SSSR count). The molecule has 0 radical (unpaired) electrons. The summed E-state index contributed by atoms with van der Waals surface area (Å²) in [5.74, 6) is -0.452. The Labute approximate surface area is 181 Å². The van der Waals surface area contributed by atoms with Crippen LogP contribution < -0.4 is 0 Å². The molecule has 0 saturated carbocycles. The molecule has 10 heteroatoms. The van der Waals surface area contributed by atoms with E-state index in [9.17, 15) is 18.0 Å². The highest BCUT2D eigenvalue weighted by molar-refractivity contribution is 9.11. The summed E-state index contributed by atoms with van der Waals surface area (Å²) in [7, 11) is -3.56. The van der Waals surface area contributed by atoms with E-state index in [0.717, 1.165) is 20.7 Å². The highest BCUT2D eigenvalue weighted by Gasteiger charge is 2.35. The molecule has 3 heterocycles. The van der Waals surface area contributed by atoms with Crippen LogP contribution in [-0.2, 0) is 14.8 Å². The van der Waals surface area contributed by atoms with Gasteiger partial charge in [-0.3, -0.25) is 14.5 Å². The zero-order valence-corrected chi connectivity index (χ0v) is 18.6. The van der Waals surface area contributed by atoms with E-state index in [1.165, 1.54) is 9.21 Å². The molecule has 0 bridgehead atoms. The van der Waals surface area contributed by atoms with Crippen LogP contribution in [0.4, 0.5) is 0 Å². The lowest BCUT2D eigenvalue weighted by Gasteiger charge is -2.34. The maximum absolute atomic E-state index is 12.7. The average Bonchev–Trinajstić information content (AvgIpc) is 3.26. The Morgan fingerprint density at radius 3 is 2.31 bits per heavy atom. The molecule has 2 aliphatic rings. The van der Waals surface area contributed by atoms with Crippen LogP contribution in [0, 0.1) is 0 Å². The highest BCUT2D eigenvalue weighted by Crippen LogP contribution is 2.31. The maximum atomic E-state index is 12.7. The van der Waals surface area contributed by atoms with Crippen LogP contribution >= 0.6 is 27.3 Å². The Bertz CT molecular complexity index is 1070. The summed E-state index contributed by atoms with van der Waals surface area (Å²) in [6.07, 6.45) is 0. The van der Waals surface area contributed by atoms with Gasteiger partial charge < -0.3 is 4.90 Å². The number of carbonyl (C=O) groups is 2. The van der Waals surface area contributed by atoms with Crippen molar-refractivity contribution >= 4 is 54.8 Å². The average molecular weight is 496 g/mol. The van der Waals surface area contributed by atoms with Crippen LogP contribution in [0.5, 0.6) is 0 Å². The summed E-state index contributed by atoms with van der Waals surface area (Å²) < 4.78 is 27.9. The smallest absolute Gasteiger partial charge is 0.259 e. The van der Waals surface area contributed by atoms with E-state index in [1.807, 2.05) is 12.1 Å². The number of sulfonamides is 1. The molecule has 2 amide bonds. The second-order valence-electron chi connectivity index (χ2n) is 6.73. The first-order valence-corrected chi connectivity index (χ1v) is 12.0. The van der Waals surface area contributed by atoms with Gasteiger partial charge in [-0.05, 0) is 34.1 Å². The molecule has 0 atom stereocenters. The van der Waals surface area contributed by atoms with Gasteiger partial charge in [0, 0.05) is 43.0 Å². The summed E-state index contributed by atoms with van der Waals surface area (Å²) >= 11 is 4.45. The first kappa shape index (κ1) is 20.3. The third-order valence-corrected chi connectivity index (χ3v) is 9.06. The lowest BCUT2D eigenvalue weighted by Crippen LogP contribution is -2.52. The topological polar surface area (TPSA) is 78.0 Å². The molecule has 0 spiro atoms. The number of carbonyl (C=O) groups excluding carboxylic acids is 2. The standard InChI is InChI=1S/C19H18BrN3O4S2/c1-13-14-4-2-3-5-15(14)19(25)23(13)12-17(24)21-8-10-22(11-9-21)29(26,27)18-7-6-16(20)28-18/h2-7H,1,8-12H2. The van der Waals surface area contributed by atoms with Gasteiger partial charge in [-0.25, -0.2) is 8.42 Å². The molecule has 0 N–H and O–H groups in total. The summed E-state index contributed by atoms with van der Waals surface area (Å²) in [5.41, 5.74) is 1.80. The first-order valence-electron chi connectivity index (χ1n) is 8.92. The molecule has 2 aromatic rings. The Hall–Kier alpha value is -2.01. The molecular formula is C19H18BrN3O4S2. The third kappa shape index (κ3) is 3.65. The van der Waals surface area contributed by atoms with E-state index in [4.69, 9.17) is 0 Å². The predicted octanol–water partition coefficient (Wildman–Crippen LogP) is 2.47. The van der Waals surface area contributed by atoms with Crippen molar-refractivity contribution in [2.24, 2.45) is 0 Å². The van der Waals surface area contributed by atoms with Crippen molar-refractivity contribution in [1.82, 2.24) is 14.1 Å². The van der Waals surface area contributed by atoms with Crippen molar-refractivity contribution in [1.29, 1.82) is 0 Å². The van der Waals surface area contributed by atoms with Crippen molar-refractivity contribution in [2.45, 2.75) is 4.21 Å². The van der Waals surface area contributed by atoms with E-state index in [2.05, 4.69) is 22.5 Å². The number of benzene rings is 1. The molecule has 29 heavy (non-hydrogen) atoms. The molecule has 0 aliphatic carbocycles. The fraction of sp³-hybridized carbons (Fsp3) is 0.263. The fourth-order valence-electron chi connectivity index (χ4n) is 3.48. The Morgan fingerprint density at radius 1 is 1.07 bits per heavy atom. The van der Waals surface area contributed by atoms with Crippen LogP contribution in [-0.4, -0.2) is 67.1 Å². The van der Waals surface area contributed by atoms with Gasteiger partial charge in [0.05, 0.1) is 3.79 Å². The van der Waals surface area contributed by atoms with E-state index in [1.54, 1.807) is 29.2 Å². The van der Waals surface area contributed by atoms with Crippen LogP contribution in [0.25, 0.3) is 5.70 Å². The van der Waals surface area contributed by atoms with E-state index in [0.29, 0.717) is 11.3 Å². The van der Waals surface area contributed by atoms with Gasteiger partial charge >= 0.3 is 0 Å². The van der Waals surface area contributed by atoms with Gasteiger partial charge in [-0.15, -0.1) is 11.3 Å². The number of fused-ring (bicyclic) bond motifs is 1. The van der Waals surface area contributed by atoms with Crippen molar-refractivity contribution in [3.05, 3.63) is 57.9 Å². The minimum Gasteiger partial charge on any atom is -0.338 e. The minimum atomic E-state index is -3.56. The summed E-state index contributed by atoms with van der Waals surface area (Å²) in [4.78, 5) is 28.3. The highest BCUT2D eigenvalue weighted by atomic mass is 79.9. The lowest BCUT2D eigenvalue weighted by molar-refractivity contribution is -0.132. The molecule has 152 valence electrons. The number of piperazine rings is 1. The quantitative estimate of drug-likeness (QED) is 0.652. The second kappa shape index (κ2) is 7.67. The summed E-state index contributed by atoms with van der Waals surface area (Å²) in [6.45, 7) is 4.86. The Balaban J connectivity index is 1.39. The van der Waals surface area contributed by atoms with Gasteiger partial charge in [0.15, 0.2) is 0 Å². The summed E-state index contributed by atoms with van der Waals surface area (Å²) in [5, 5.41) is 0. The first-order chi connectivity index (χ1) is 13.8. The number of hydrogen-bond donors (Lipinski definition) is 0. The van der Waals surface area contributed by atoms with Crippen molar-refractivity contribution in [3.8, 4) is 0 Å². The zero-order chi connectivity index (χ0) is 20.8. The normalized spacial score (nSPS) is 17.7. The van der Waals surface area contributed by atoms with E-state index < -0.39 is 10.0 Å². The number of rotatable bonds is 4. The van der Waals surface area contributed by atoms with Crippen LogP contribution in [0.2, 0.25) is 0 Å². The monoisotopic (exact) mass is 495 g/mol. The second-order valence-corrected chi connectivity index (χ2v) is 11.4. The molecule has 1 aromatic carbocycles. The molecule has 2 aliphatic heterocycles. The SMILES string of the molecule is C=C1c2ccccc2C(=O)N1CC(=O)N1CCN(S(=O)(=O)c2ccc(Br)s2)CC1. The van der Waals surface area contributed by atoms with E-state index in [-0.39, 0.29) is 48.7 Å². The molecule has 1 fully saturated rings. The zero-order valence-electron chi connectivity index (χ0n) is 15.4. The lowest BCUT2D eigenvalue weighted by atomic mass is 10.1. The largest absolute Gasteiger partial charge is 0.338 e. The van der Waals surface area contributed by atoms with Gasteiger partial charge in [-0.1, -0.05) is 24.8 Å². The number of halogens is 1. The van der Waals surface area contributed by atoms with Gasteiger partial charge in [0.25, 0.3) is 15.9 Å². The van der Waals surface area contributed by atoms with Gasteiger partial charge in [0.1, 0.15) is 10.8 Å². The molecule has 0 unspecified atom stereocenters. The number of hydrogen-bond acceptors (Lipinski definition) is 5. The maximum Gasteiger partial charge on any atom is 0.259 e. The van der Waals surface area contributed by atoms with Crippen LogP contribution in [0.1, 0.15) is 15.9 Å². The molecule has 1 saturated heterocycles. The minimum absolute atomic E-state index is 0.100. The van der Waals surface area contributed by atoms with Gasteiger partial charge in [-0.2, -0.15) is 4.31 Å². The van der Waals surface area contributed by atoms with Crippen LogP contribution in [0.15, 0.2) is 51.0 Å². The van der Waals surface area contributed by atoms with Crippen molar-refractivity contribution in [3.63, 3.8) is 0 Å². The summed E-state index contributed by atoms with van der Waals surface area (Å²) in [6, 6.07) is 10.4. The molecule has 7 nitrogen and oxygen atoms in total. The predicted molar refractivity (Wildman–Crippen MR) is 114 cm³/mol. The van der Waals surface area contributed by atoms with Crippen molar-refractivity contribution < 1.29 is 18.0 Å². The van der Waals surface area contributed by atoms with Crippen molar-refractivity contribution in [2.75, 3.05) is 32.7 Å². The Kier molecular flexibility index (Phi) is 5.36. The molecule has 1 aromatic heterocycles. The van der Waals surface area contributed by atoms with Crippen LogP contribution in [0.3, 0.4) is 0 Å². The number of amides is 2. The third-order valence-electron chi connectivity index (χ3n) is 5.07. The number of thiophene rings is 1. The Morgan fingerprint density at radius 2 is 1.72 bits per heavy atom. The fourth-order valence-corrected chi connectivity index (χ4v) is 7.06. The van der Waals surface area contributed by atoms with Gasteiger partial charge in [0.2, 0.25) is 5.91 Å².